The van der Waals surface area contributed by atoms with Crippen molar-refractivity contribution in [2.24, 2.45) is 0 Å². The summed E-state index contributed by atoms with van der Waals surface area (Å²) in [5.41, 5.74) is 0.636. The SMILES string of the molecule is Fc1c[c-]c(-c2ccccn2)c(F)c1.[CH3-].[Ir].c1ccncc1. The van der Waals surface area contributed by atoms with E-state index in [1.54, 1.807) is 36.8 Å². The molecule has 0 saturated heterocycles. The molecule has 2 nitrogen and oxygen atoms in total. The van der Waals surface area contributed by atoms with Crippen LogP contribution in [0.25, 0.3) is 11.3 Å². The van der Waals surface area contributed by atoms with Gasteiger partial charge in [0.05, 0.1) is 0 Å². The molecule has 0 N–H and O–H groups in total. The minimum absolute atomic E-state index is 0. The topological polar surface area (TPSA) is 25.8 Å². The molecule has 0 aliphatic rings. The molecule has 0 aliphatic heterocycles. The van der Waals surface area contributed by atoms with Crippen LogP contribution in [0.4, 0.5) is 8.78 Å². The Morgan fingerprint density at radius 2 is 1.59 bits per heavy atom. The van der Waals surface area contributed by atoms with Crippen LogP contribution in [-0.2, 0) is 20.1 Å². The fourth-order valence-electron chi connectivity index (χ4n) is 1.46. The van der Waals surface area contributed by atoms with Crippen LogP contribution in [0, 0.1) is 25.1 Å². The van der Waals surface area contributed by atoms with Gasteiger partial charge in [-0.1, -0.05) is 29.8 Å². The van der Waals surface area contributed by atoms with Crippen molar-refractivity contribution in [1.29, 1.82) is 0 Å². The van der Waals surface area contributed by atoms with E-state index in [9.17, 15) is 8.78 Å². The molecule has 0 bridgehead atoms. The Balaban J connectivity index is 0.000000472. The van der Waals surface area contributed by atoms with E-state index in [1.165, 1.54) is 0 Å². The largest absolute Gasteiger partial charge is 0.358 e. The molecule has 5 heteroatoms. The van der Waals surface area contributed by atoms with Gasteiger partial charge in [0.25, 0.3) is 0 Å². The molecule has 0 saturated carbocycles. The van der Waals surface area contributed by atoms with E-state index in [0.717, 1.165) is 12.1 Å². The predicted molar refractivity (Wildman–Crippen MR) is 79.1 cm³/mol. The number of nitrogens with zero attached hydrogens (tertiary/aromatic N) is 2. The Labute approximate surface area is 142 Å². The fourth-order valence-corrected chi connectivity index (χ4v) is 1.46. The molecule has 0 atom stereocenters. The van der Waals surface area contributed by atoms with Crippen molar-refractivity contribution in [3.63, 3.8) is 0 Å². The van der Waals surface area contributed by atoms with Crippen LogP contribution in [0.3, 0.4) is 0 Å². The van der Waals surface area contributed by atoms with Gasteiger partial charge in [0, 0.05) is 50.3 Å². The molecule has 0 spiro atoms. The van der Waals surface area contributed by atoms with Crippen molar-refractivity contribution >= 4 is 0 Å². The summed E-state index contributed by atoms with van der Waals surface area (Å²) in [6.45, 7) is 0. The smallest absolute Gasteiger partial charge is 0.0408 e. The zero-order valence-corrected chi connectivity index (χ0v) is 14.2. The van der Waals surface area contributed by atoms with Gasteiger partial charge in [-0.25, -0.2) is 0 Å². The average molecular weight is 477 g/mol. The third kappa shape index (κ3) is 6.20. The molecule has 3 rings (SSSR count). The quantitative estimate of drug-likeness (QED) is 0.488. The number of aromatic nitrogens is 2. The Hall–Kier alpha value is -1.97. The number of benzene rings is 1. The van der Waals surface area contributed by atoms with Crippen LogP contribution in [0.5, 0.6) is 0 Å². The molecule has 0 amide bonds. The van der Waals surface area contributed by atoms with Crippen molar-refractivity contribution in [2.75, 3.05) is 0 Å². The first-order valence-electron chi connectivity index (χ1n) is 5.90. The van der Waals surface area contributed by atoms with Gasteiger partial charge in [0.2, 0.25) is 0 Å². The molecule has 2 aromatic heterocycles. The number of hydrogen-bond donors (Lipinski definition) is 0. The summed E-state index contributed by atoms with van der Waals surface area (Å²) < 4.78 is 25.8. The molecule has 1 radical (unpaired) electrons. The van der Waals surface area contributed by atoms with Gasteiger partial charge in [-0.3, -0.25) is 13.8 Å². The van der Waals surface area contributed by atoms with E-state index in [0.29, 0.717) is 5.69 Å². The maximum absolute atomic E-state index is 13.2. The number of halogens is 2. The molecule has 0 fully saturated rings. The van der Waals surface area contributed by atoms with Crippen LogP contribution >= 0.6 is 0 Å². The molecule has 22 heavy (non-hydrogen) atoms. The monoisotopic (exact) mass is 477 g/mol. The summed E-state index contributed by atoms with van der Waals surface area (Å²) in [6.07, 6.45) is 5.05. The predicted octanol–water partition coefficient (Wildman–Crippen LogP) is 4.36. The molecule has 117 valence electrons. The molecule has 1 aromatic carbocycles. The first kappa shape index (κ1) is 20.0. The van der Waals surface area contributed by atoms with E-state index in [4.69, 9.17) is 0 Å². The molecule has 0 aliphatic carbocycles. The average Bonchev–Trinajstić information content (AvgIpc) is 2.50. The van der Waals surface area contributed by atoms with Crippen molar-refractivity contribution in [1.82, 2.24) is 9.97 Å². The van der Waals surface area contributed by atoms with Crippen molar-refractivity contribution in [2.45, 2.75) is 0 Å². The standard InChI is InChI=1S/C11H6F2N.C5H5N.CH3.Ir/c12-8-4-5-9(10(13)7-8)11-3-1-2-6-14-11;1-2-4-6-5-3-1;;/h1-4,6-7H;1-5H;1H3;/q-1;;-1;. The second-order valence-corrected chi connectivity index (χ2v) is 3.78. The van der Waals surface area contributed by atoms with Gasteiger partial charge in [-0.15, -0.1) is 12.1 Å². The van der Waals surface area contributed by atoms with Crippen LogP contribution in [0.15, 0.2) is 67.1 Å². The zero-order valence-electron chi connectivity index (χ0n) is 11.8. The summed E-state index contributed by atoms with van der Waals surface area (Å²) >= 11 is 0. The molecule has 3 aromatic rings. The molecule has 2 heterocycles. The third-order valence-corrected chi connectivity index (χ3v) is 2.35. The van der Waals surface area contributed by atoms with Gasteiger partial charge >= 0.3 is 0 Å². The van der Waals surface area contributed by atoms with Crippen molar-refractivity contribution in [3.05, 3.63) is 92.2 Å². The van der Waals surface area contributed by atoms with Gasteiger partial charge in [0.1, 0.15) is 0 Å². The molecular formula is C17H14F2IrN2-2. The molecular weight excluding hydrogens is 462 g/mol. The minimum atomic E-state index is -0.649. The minimum Gasteiger partial charge on any atom is -0.358 e. The number of rotatable bonds is 1. The summed E-state index contributed by atoms with van der Waals surface area (Å²) in [5.74, 6) is -1.29. The van der Waals surface area contributed by atoms with E-state index in [-0.39, 0.29) is 33.1 Å². The van der Waals surface area contributed by atoms with E-state index >= 15 is 0 Å². The first-order valence-corrected chi connectivity index (χ1v) is 5.90. The fraction of sp³-hybridized carbons (Fsp3) is 0. The molecule has 0 unspecified atom stereocenters. The van der Waals surface area contributed by atoms with Crippen LogP contribution in [-0.4, -0.2) is 9.97 Å². The first-order chi connectivity index (χ1) is 9.77. The van der Waals surface area contributed by atoms with Crippen LogP contribution in [0.1, 0.15) is 0 Å². The zero-order chi connectivity index (χ0) is 14.2. The third-order valence-electron chi connectivity index (χ3n) is 2.35. The Kier molecular flexibility index (Phi) is 9.75. The Morgan fingerprint density at radius 1 is 0.909 bits per heavy atom. The Morgan fingerprint density at radius 3 is 2.05 bits per heavy atom. The van der Waals surface area contributed by atoms with Gasteiger partial charge in [0.15, 0.2) is 0 Å². The summed E-state index contributed by atoms with van der Waals surface area (Å²) in [6, 6.07) is 15.2. The van der Waals surface area contributed by atoms with Gasteiger partial charge in [-0.2, -0.15) is 0 Å². The normalized spacial score (nSPS) is 8.64. The van der Waals surface area contributed by atoms with Crippen molar-refractivity contribution < 1.29 is 28.9 Å². The van der Waals surface area contributed by atoms with Crippen LogP contribution < -0.4 is 0 Å². The van der Waals surface area contributed by atoms with Crippen LogP contribution in [0.2, 0.25) is 0 Å². The maximum Gasteiger partial charge on any atom is 0.0408 e. The van der Waals surface area contributed by atoms with Crippen molar-refractivity contribution in [3.8, 4) is 11.3 Å². The second kappa shape index (κ2) is 10.7. The van der Waals surface area contributed by atoms with Gasteiger partial charge in [-0.05, 0) is 23.9 Å². The van der Waals surface area contributed by atoms with E-state index < -0.39 is 11.6 Å². The van der Waals surface area contributed by atoms with Gasteiger partial charge < -0.3 is 12.4 Å². The van der Waals surface area contributed by atoms with E-state index in [1.807, 2.05) is 18.2 Å². The summed E-state index contributed by atoms with van der Waals surface area (Å²) in [7, 11) is 0. The number of hydrogen-bond acceptors (Lipinski definition) is 2. The Bertz CT molecular complexity index is 623. The summed E-state index contributed by atoms with van der Waals surface area (Å²) in [4.78, 5) is 7.73. The second-order valence-electron chi connectivity index (χ2n) is 3.78. The number of pyridine rings is 2. The van der Waals surface area contributed by atoms with E-state index in [2.05, 4.69) is 16.0 Å². The maximum atomic E-state index is 13.2. The summed E-state index contributed by atoms with van der Waals surface area (Å²) in [5, 5.41) is 0.